The van der Waals surface area contributed by atoms with Gasteiger partial charge in [-0.15, -0.1) is 11.3 Å². The Kier molecular flexibility index (Phi) is 7.72. The van der Waals surface area contributed by atoms with Crippen molar-refractivity contribution in [1.82, 2.24) is 0 Å². The largest absolute Gasteiger partial charge is 0.456 e. The highest BCUT2D eigenvalue weighted by molar-refractivity contribution is 7.26. The first-order chi connectivity index (χ1) is 30.8. The van der Waals surface area contributed by atoms with Gasteiger partial charge in [-0.3, -0.25) is 0 Å². The summed E-state index contributed by atoms with van der Waals surface area (Å²) < 4.78 is 9.19. The van der Waals surface area contributed by atoms with E-state index in [1.165, 1.54) is 64.3 Å². The van der Waals surface area contributed by atoms with E-state index in [0.29, 0.717) is 0 Å². The average Bonchev–Trinajstić information content (AvgIpc) is 4.00. The lowest BCUT2D eigenvalue weighted by molar-refractivity contribution is 0.669. The molecule has 12 aromatic rings. The van der Waals surface area contributed by atoms with Gasteiger partial charge in [-0.1, -0.05) is 176 Å². The fourth-order valence-electron chi connectivity index (χ4n) is 10.5. The molecule has 0 saturated carbocycles. The Morgan fingerprint density at radius 3 is 1.82 bits per heavy atom. The number of anilines is 3. The van der Waals surface area contributed by atoms with Crippen LogP contribution in [0.5, 0.6) is 0 Å². The molecular formula is C59H37NOS. The fourth-order valence-corrected chi connectivity index (χ4v) is 11.7. The molecule has 13 rings (SSSR count). The van der Waals surface area contributed by atoms with Gasteiger partial charge in [-0.05, 0) is 98.2 Å². The van der Waals surface area contributed by atoms with E-state index in [4.69, 9.17) is 4.42 Å². The van der Waals surface area contributed by atoms with Crippen molar-refractivity contribution in [3.63, 3.8) is 0 Å². The van der Waals surface area contributed by atoms with E-state index in [1.807, 2.05) is 11.3 Å². The topological polar surface area (TPSA) is 16.4 Å². The Bertz CT molecular complexity index is 3670. The summed E-state index contributed by atoms with van der Waals surface area (Å²) in [6.07, 6.45) is 0. The Labute approximate surface area is 363 Å². The molecule has 0 bridgehead atoms. The van der Waals surface area contributed by atoms with Crippen LogP contribution in [0.1, 0.15) is 22.3 Å². The number of nitrogens with zero attached hydrogens (tertiary/aromatic N) is 1. The van der Waals surface area contributed by atoms with E-state index < -0.39 is 5.41 Å². The van der Waals surface area contributed by atoms with Crippen molar-refractivity contribution in [1.29, 1.82) is 0 Å². The number of fused-ring (bicyclic) bond motifs is 10. The van der Waals surface area contributed by atoms with Gasteiger partial charge >= 0.3 is 0 Å². The van der Waals surface area contributed by atoms with E-state index >= 15 is 0 Å². The third-order valence-electron chi connectivity index (χ3n) is 13.1. The third-order valence-corrected chi connectivity index (χ3v) is 14.3. The summed E-state index contributed by atoms with van der Waals surface area (Å²) in [5.41, 5.74) is 14.4. The molecule has 3 heteroatoms. The quantitative estimate of drug-likeness (QED) is 0.166. The van der Waals surface area contributed by atoms with Gasteiger partial charge in [-0.25, -0.2) is 0 Å². The lowest BCUT2D eigenvalue weighted by Gasteiger charge is -2.35. The van der Waals surface area contributed by atoms with Crippen LogP contribution in [0.15, 0.2) is 229 Å². The van der Waals surface area contributed by atoms with Crippen molar-refractivity contribution in [3.8, 4) is 22.3 Å². The zero-order chi connectivity index (χ0) is 40.8. The summed E-state index contributed by atoms with van der Waals surface area (Å²) in [5.74, 6) is 0. The van der Waals surface area contributed by atoms with Crippen LogP contribution in [0.25, 0.3) is 75.1 Å². The summed E-state index contributed by atoms with van der Waals surface area (Å²) >= 11 is 1.87. The number of hydrogen-bond donors (Lipinski definition) is 0. The molecule has 1 aliphatic rings. The second kappa shape index (κ2) is 13.7. The standard InChI is InChI=1S/C59H37NOS/c1-3-19-40(20-4-1)59(41-21-5-2-6-22-41)50-28-12-9-23-43(50)44-34-33-42(37-51(44)59)60(53-30-15-27-48-46-25-11-14-32-56(46)62-58(48)53)52-29-13-10-24-45(52)47-26-16-31-54-57(47)49-35-38-17-7-8-18-39(38)36-55(49)61-54/h1-37H. The van der Waals surface area contributed by atoms with Crippen molar-refractivity contribution in [3.05, 3.63) is 247 Å². The van der Waals surface area contributed by atoms with Crippen molar-refractivity contribution >= 4 is 81.3 Å². The van der Waals surface area contributed by atoms with E-state index in [0.717, 1.165) is 50.1 Å². The molecule has 290 valence electrons. The molecule has 62 heavy (non-hydrogen) atoms. The maximum Gasteiger partial charge on any atom is 0.136 e. The Balaban J connectivity index is 1.12. The first kappa shape index (κ1) is 35.1. The maximum absolute atomic E-state index is 6.66. The highest BCUT2D eigenvalue weighted by Gasteiger charge is 2.46. The van der Waals surface area contributed by atoms with Crippen molar-refractivity contribution < 1.29 is 4.42 Å². The zero-order valence-corrected chi connectivity index (χ0v) is 34.4. The van der Waals surface area contributed by atoms with Crippen molar-refractivity contribution in [2.24, 2.45) is 0 Å². The van der Waals surface area contributed by atoms with Crippen molar-refractivity contribution in [2.75, 3.05) is 4.90 Å². The third kappa shape index (κ3) is 5.03. The SMILES string of the molecule is c1ccc(C2(c3ccccc3)c3ccccc3-c3ccc(N(c4ccccc4-c4cccc5oc6cc7ccccc7cc6c45)c4cccc5c4sc4ccccc45)cc32)cc1. The second-order valence-electron chi connectivity index (χ2n) is 16.3. The molecule has 0 N–H and O–H groups in total. The summed E-state index contributed by atoms with van der Waals surface area (Å²) in [5, 5.41) is 7.15. The highest BCUT2D eigenvalue weighted by atomic mass is 32.1. The van der Waals surface area contributed by atoms with Gasteiger partial charge < -0.3 is 9.32 Å². The smallest absolute Gasteiger partial charge is 0.136 e. The Morgan fingerprint density at radius 1 is 0.387 bits per heavy atom. The Morgan fingerprint density at radius 2 is 1.00 bits per heavy atom. The normalized spacial score (nSPS) is 13.0. The lowest BCUT2D eigenvalue weighted by atomic mass is 9.67. The van der Waals surface area contributed by atoms with E-state index in [1.54, 1.807) is 0 Å². The first-order valence-electron chi connectivity index (χ1n) is 21.2. The highest BCUT2D eigenvalue weighted by Crippen LogP contribution is 2.58. The maximum atomic E-state index is 6.66. The van der Waals surface area contributed by atoms with Crippen LogP contribution in [0, 0.1) is 0 Å². The molecule has 0 atom stereocenters. The predicted octanol–water partition coefficient (Wildman–Crippen LogP) is 16.6. The average molecular weight is 808 g/mol. The predicted molar refractivity (Wildman–Crippen MR) is 262 cm³/mol. The van der Waals surface area contributed by atoms with Gasteiger partial charge in [0, 0.05) is 37.5 Å². The van der Waals surface area contributed by atoms with Crippen LogP contribution in [-0.2, 0) is 5.41 Å². The Hall–Kier alpha value is -7.72. The van der Waals surface area contributed by atoms with Crippen LogP contribution in [-0.4, -0.2) is 0 Å². The van der Waals surface area contributed by atoms with Crippen LogP contribution in [0.2, 0.25) is 0 Å². The van der Waals surface area contributed by atoms with Crippen LogP contribution >= 0.6 is 11.3 Å². The van der Waals surface area contributed by atoms with E-state index in [9.17, 15) is 0 Å². The number of rotatable bonds is 6. The molecule has 10 aromatic carbocycles. The molecule has 0 unspecified atom stereocenters. The minimum Gasteiger partial charge on any atom is -0.456 e. The molecule has 0 radical (unpaired) electrons. The molecule has 0 fully saturated rings. The molecule has 0 spiro atoms. The molecule has 0 saturated heterocycles. The van der Waals surface area contributed by atoms with Gasteiger partial charge in [0.05, 0.1) is 21.5 Å². The van der Waals surface area contributed by atoms with E-state index in [-0.39, 0.29) is 0 Å². The van der Waals surface area contributed by atoms with Gasteiger partial charge in [-0.2, -0.15) is 0 Å². The molecule has 1 aliphatic carbocycles. The number of para-hydroxylation sites is 1. The minimum absolute atomic E-state index is 0.538. The molecule has 2 aromatic heterocycles. The lowest BCUT2D eigenvalue weighted by Crippen LogP contribution is -2.28. The minimum atomic E-state index is -0.538. The molecule has 0 amide bonds. The summed E-state index contributed by atoms with van der Waals surface area (Å²) in [4.78, 5) is 2.52. The fraction of sp³-hybridized carbons (Fsp3) is 0.0169. The van der Waals surface area contributed by atoms with Gasteiger partial charge in [0.2, 0.25) is 0 Å². The van der Waals surface area contributed by atoms with E-state index in [2.05, 4.69) is 229 Å². The molecule has 2 heterocycles. The number of hydrogen-bond acceptors (Lipinski definition) is 3. The molecule has 2 nitrogen and oxygen atoms in total. The summed E-state index contributed by atoms with van der Waals surface area (Å²) in [6, 6.07) is 82.4. The zero-order valence-electron chi connectivity index (χ0n) is 33.6. The molecule has 0 aliphatic heterocycles. The van der Waals surface area contributed by atoms with Gasteiger partial charge in [0.1, 0.15) is 11.2 Å². The number of thiophene rings is 1. The monoisotopic (exact) mass is 807 g/mol. The summed E-state index contributed by atoms with van der Waals surface area (Å²) in [6.45, 7) is 0. The first-order valence-corrected chi connectivity index (χ1v) is 22.1. The van der Waals surface area contributed by atoms with Gasteiger partial charge in [0.15, 0.2) is 0 Å². The van der Waals surface area contributed by atoms with Crippen molar-refractivity contribution in [2.45, 2.75) is 5.41 Å². The molecular weight excluding hydrogens is 771 g/mol. The van der Waals surface area contributed by atoms with Gasteiger partial charge in [0.25, 0.3) is 0 Å². The van der Waals surface area contributed by atoms with Crippen LogP contribution in [0.3, 0.4) is 0 Å². The second-order valence-corrected chi connectivity index (χ2v) is 17.4. The number of furan rings is 1. The van der Waals surface area contributed by atoms with Crippen LogP contribution in [0.4, 0.5) is 17.1 Å². The number of benzene rings is 10. The summed E-state index contributed by atoms with van der Waals surface area (Å²) in [7, 11) is 0. The van der Waals surface area contributed by atoms with Crippen LogP contribution < -0.4 is 4.90 Å².